The average Bonchev–Trinajstić information content (AvgIpc) is 3.04. The number of anilines is 1. The van der Waals surface area contributed by atoms with E-state index in [2.05, 4.69) is 15.5 Å². The Morgan fingerprint density at radius 3 is 2.88 bits per heavy atom. The van der Waals surface area contributed by atoms with Crippen molar-refractivity contribution in [1.29, 1.82) is 0 Å². The number of thioether (sulfide) groups is 1. The Hall–Kier alpha value is -2.28. The van der Waals surface area contributed by atoms with E-state index >= 15 is 0 Å². The second kappa shape index (κ2) is 7.53. The monoisotopic (exact) mass is 344 g/mol. The number of carbonyl (C=O) groups is 2. The van der Waals surface area contributed by atoms with Crippen LogP contribution in [0.1, 0.15) is 16.8 Å². The predicted molar refractivity (Wildman–Crippen MR) is 94.8 cm³/mol. The molecular weight excluding hydrogens is 324 g/mol. The lowest BCUT2D eigenvalue weighted by Crippen LogP contribution is -2.37. The van der Waals surface area contributed by atoms with Crippen LogP contribution in [0.2, 0.25) is 0 Å². The maximum absolute atomic E-state index is 12.2. The van der Waals surface area contributed by atoms with Crippen LogP contribution in [0.4, 0.5) is 5.69 Å². The van der Waals surface area contributed by atoms with Crippen molar-refractivity contribution >= 4 is 29.3 Å². The van der Waals surface area contributed by atoms with Crippen LogP contribution in [0, 0.1) is 6.92 Å². The molecule has 0 fully saturated rings. The first kappa shape index (κ1) is 16.6. The number of rotatable bonds is 5. The molecule has 0 saturated heterocycles. The largest absolute Gasteiger partial charge is 0.337 e. The first-order chi connectivity index (χ1) is 11.6. The third kappa shape index (κ3) is 4.17. The molecule has 1 aliphatic rings. The number of aromatic amines is 1. The third-order valence-corrected chi connectivity index (χ3v) is 4.86. The number of nitrogens with zero attached hydrogens (tertiary/aromatic N) is 2. The summed E-state index contributed by atoms with van der Waals surface area (Å²) in [5.74, 6) is 0.557. The van der Waals surface area contributed by atoms with Crippen molar-refractivity contribution in [3.05, 3.63) is 47.3 Å². The van der Waals surface area contributed by atoms with Crippen molar-refractivity contribution < 1.29 is 9.59 Å². The van der Waals surface area contributed by atoms with E-state index in [0.29, 0.717) is 18.8 Å². The number of hydrogen-bond acceptors (Lipinski definition) is 4. The second-order valence-corrected chi connectivity index (χ2v) is 6.83. The van der Waals surface area contributed by atoms with Crippen LogP contribution >= 0.6 is 11.8 Å². The van der Waals surface area contributed by atoms with Gasteiger partial charge in [-0.3, -0.25) is 14.7 Å². The Labute approximate surface area is 145 Å². The third-order valence-electron chi connectivity index (χ3n) is 3.95. The summed E-state index contributed by atoms with van der Waals surface area (Å²) in [6.45, 7) is 3.30. The lowest BCUT2D eigenvalue weighted by atomic mass is 10.1. The Bertz CT molecular complexity index is 726. The molecule has 0 aliphatic carbocycles. The molecule has 1 aromatic heterocycles. The molecular formula is C17H20N4O2S. The number of fused-ring (bicyclic) bond motifs is 1. The molecule has 126 valence electrons. The van der Waals surface area contributed by atoms with Crippen LogP contribution in [0.5, 0.6) is 0 Å². The first-order valence-corrected chi connectivity index (χ1v) is 9.00. The average molecular weight is 344 g/mol. The number of carbonyl (C=O) groups excluding carboxylic acids is 2. The van der Waals surface area contributed by atoms with Gasteiger partial charge in [0.2, 0.25) is 11.8 Å². The topological polar surface area (TPSA) is 78.1 Å². The van der Waals surface area contributed by atoms with Crippen molar-refractivity contribution in [3.63, 3.8) is 0 Å². The van der Waals surface area contributed by atoms with Gasteiger partial charge in [0.25, 0.3) is 0 Å². The molecule has 2 N–H and O–H groups in total. The summed E-state index contributed by atoms with van der Waals surface area (Å²) in [4.78, 5) is 26.0. The highest BCUT2D eigenvalue weighted by atomic mass is 32.2. The summed E-state index contributed by atoms with van der Waals surface area (Å²) in [5.41, 5.74) is 4.12. The normalized spacial score (nSPS) is 13.5. The fourth-order valence-electron chi connectivity index (χ4n) is 2.59. The molecule has 3 rings (SSSR count). The van der Waals surface area contributed by atoms with E-state index in [1.807, 2.05) is 36.1 Å². The zero-order chi connectivity index (χ0) is 16.9. The summed E-state index contributed by atoms with van der Waals surface area (Å²) in [6.07, 6.45) is 2.58. The highest BCUT2D eigenvalue weighted by Gasteiger charge is 2.21. The molecule has 0 unspecified atom stereocenters. The number of aromatic nitrogens is 2. The lowest BCUT2D eigenvalue weighted by molar-refractivity contribution is -0.129. The van der Waals surface area contributed by atoms with Crippen molar-refractivity contribution in [2.45, 2.75) is 19.9 Å². The van der Waals surface area contributed by atoms with Crippen molar-refractivity contribution in [2.24, 2.45) is 0 Å². The van der Waals surface area contributed by atoms with E-state index < -0.39 is 0 Å². The summed E-state index contributed by atoms with van der Waals surface area (Å²) in [7, 11) is 0. The lowest BCUT2D eigenvalue weighted by Gasteiger charge is -2.26. The molecule has 0 spiro atoms. The molecule has 0 atom stereocenters. The standard InChI is InChI=1S/C17H20N4O2S/c1-12-2-4-14(5-3-12)19-16(22)10-24-11-17(23)21-7-6-15-13(9-21)8-18-20-15/h2-5,8H,6-7,9-11H2,1H3,(H,18,20)(H,19,22). The Morgan fingerprint density at radius 1 is 1.29 bits per heavy atom. The molecule has 2 heterocycles. The minimum absolute atomic E-state index is 0.0648. The van der Waals surface area contributed by atoms with Gasteiger partial charge in [0.15, 0.2) is 0 Å². The van der Waals surface area contributed by atoms with E-state index in [1.54, 1.807) is 6.20 Å². The van der Waals surface area contributed by atoms with Gasteiger partial charge in [-0.25, -0.2) is 0 Å². The number of benzene rings is 1. The van der Waals surface area contributed by atoms with Crippen molar-refractivity contribution in [3.8, 4) is 0 Å². The van der Waals surface area contributed by atoms with Crippen molar-refractivity contribution in [2.75, 3.05) is 23.4 Å². The zero-order valence-electron chi connectivity index (χ0n) is 13.5. The van der Waals surface area contributed by atoms with E-state index in [0.717, 1.165) is 28.9 Å². The number of H-pyrrole nitrogens is 1. The number of amides is 2. The minimum Gasteiger partial charge on any atom is -0.337 e. The van der Waals surface area contributed by atoms with Crippen LogP contribution in [0.25, 0.3) is 0 Å². The summed E-state index contributed by atoms with van der Waals surface area (Å²) < 4.78 is 0. The van der Waals surface area contributed by atoms with Gasteiger partial charge in [0, 0.05) is 36.5 Å². The molecule has 0 saturated carbocycles. The van der Waals surface area contributed by atoms with E-state index in [4.69, 9.17) is 0 Å². The van der Waals surface area contributed by atoms with Crippen LogP contribution in [0.3, 0.4) is 0 Å². The Kier molecular flexibility index (Phi) is 5.20. The SMILES string of the molecule is Cc1ccc(NC(=O)CSCC(=O)N2CCc3[nH]ncc3C2)cc1. The highest BCUT2D eigenvalue weighted by molar-refractivity contribution is 8.00. The molecule has 2 aromatic rings. The van der Waals surface area contributed by atoms with Crippen LogP contribution in [0.15, 0.2) is 30.5 Å². The van der Waals surface area contributed by atoms with Gasteiger partial charge in [-0.2, -0.15) is 5.10 Å². The fourth-order valence-corrected chi connectivity index (χ4v) is 3.31. The van der Waals surface area contributed by atoms with Crippen LogP contribution in [-0.2, 0) is 22.6 Å². The quantitative estimate of drug-likeness (QED) is 0.869. The molecule has 1 aromatic carbocycles. The summed E-state index contributed by atoms with van der Waals surface area (Å²) in [6, 6.07) is 7.65. The molecule has 7 heteroatoms. The van der Waals surface area contributed by atoms with Gasteiger partial charge in [0.05, 0.1) is 17.7 Å². The van der Waals surface area contributed by atoms with E-state index in [1.165, 1.54) is 11.8 Å². The maximum atomic E-state index is 12.2. The van der Waals surface area contributed by atoms with Gasteiger partial charge in [-0.15, -0.1) is 11.8 Å². The first-order valence-electron chi connectivity index (χ1n) is 7.85. The minimum atomic E-state index is -0.0904. The second-order valence-electron chi connectivity index (χ2n) is 5.85. The van der Waals surface area contributed by atoms with Gasteiger partial charge in [-0.1, -0.05) is 17.7 Å². The number of hydrogen-bond donors (Lipinski definition) is 2. The Balaban J connectivity index is 1.40. The van der Waals surface area contributed by atoms with Gasteiger partial charge in [-0.05, 0) is 19.1 Å². The molecule has 0 radical (unpaired) electrons. The molecule has 0 bridgehead atoms. The number of aryl methyl sites for hydroxylation is 1. The maximum Gasteiger partial charge on any atom is 0.234 e. The smallest absolute Gasteiger partial charge is 0.234 e. The van der Waals surface area contributed by atoms with E-state index in [-0.39, 0.29) is 17.6 Å². The summed E-state index contributed by atoms with van der Waals surface area (Å²) >= 11 is 1.34. The zero-order valence-corrected chi connectivity index (χ0v) is 14.4. The Morgan fingerprint density at radius 2 is 2.08 bits per heavy atom. The highest BCUT2D eigenvalue weighted by Crippen LogP contribution is 2.17. The van der Waals surface area contributed by atoms with Gasteiger partial charge in [0.1, 0.15) is 0 Å². The molecule has 24 heavy (non-hydrogen) atoms. The van der Waals surface area contributed by atoms with Crippen molar-refractivity contribution in [1.82, 2.24) is 15.1 Å². The van der Waals surface area contributed by atoms with Gasteiger partial charge < -0.3 is 10.2 Å². The predicted octanol–water partition coefficient (Wildman–Crippen LogP) is 1.97. The van der Waals surface area contributed by atoms with Crippen LogP contribution in [-0.4, -0.2) is 45.0 Å². The number of nitrogens with one attached hydrogen (secondary N) is 2. The van der Waals surface area contributed by atoms with Crippen LogP contribution < -0.4 is 5.32 Å². The molecule has 6 nitrogen and oxygen atoms in total. The summed E-state index contributed by atoms with van der Waals surface area (Å²) in [5, 5.41) is 9.80. The molecule has 2 amide bonds. The fraction of sp³-hybridized carbons (Fsp3) is 0.353. The van der Waals surface area contributed by atoms with Gasteiger partial charge >= 0.3 is 0 Å². The van der Waals surface area contributed by atoms with E-state index in [9.17, 15) is 9.59 Å². The molecule has 1 aliphatic heterocycles.